The van der Waals surface area contributed by atoms with E-state index in [1.54, 1.807) is 13.8 Å². The number of allylic oxidation sites excluding steroid dienone is 1. The van der Waals surface area contributed by atoms with Crippen molar-refractivity contribution in [2.75, 3.05) is 5.32 Å². The lowest BCUT2D eigenvalue weighted by molar-refractivity contribution is -0.122. The lowest BCUT2D eigenvalue weighted by Crippen LogP contribution is -2.36. The number of amides is 2. The number of ketones is 2. The third-order valence-corrected chi connectivity index (χ3v) is 6.26. The first kappa shape index (κ1) is 25.2. The molecule has 0 aromatic heterocycles. The topological polar surface area (TPSA) is 78.5 Å². The zero-order valence-corrected chi connectivity index (χ0v) is 20.6. The number of Topliss-reactive ketones (excluding diaryl/α,β-unsaturated/α-hetero) is 2. The maximum absolute atomic E-state index is 12.5. The normalized spacial score (nSPS) is 14.6. The van der Waals surface area contributed by atoms with E-state index >= 15 is 0 Å². The van der Waals surface area contributed by atoms with Crippen LogP contribution in [0.1, 0.15) is 69.2 Å². The van der Waals surface area contributed by atoms with Crippen molar-refractivity contribution >= 4 is 29.0 Å². The molecular formula is C28H35N3O3. The molecule has 0 spiro atoms. The number of carbonyl (C=O) groups excluding carboxylic acids is 3. The minimum atomic E-state index is -0.343. The van der Waals surface area contributed by atoms with Crippen LogP contribution in [0.25, 0.3) is 5.70 Å². The van der Waals surface area contributed by atoms with Gasteiger partial charge >= 0.3 is 6.03 Å². The molecule has 0 bridgehead atoms. The molecule has 1 heterocycles. The van der Waals surface area contributed by atoms with Gasteiger partial charge in [-0.1, -0.05) is 50.3 Å². The summed E-state index contributed by atoms with van der Waals surface area (Å²) in [5, 5.41) is 5.84. The molecule has 2 aromatic carbocycles. The molecule has 2 N–H and O–H groups in total. The summed E-state index contributed by atoms with van der Waals surface area (Å²) in [5.74, 6) is 0.147. The third kappa shape index (κ3) is 6.13. The van der Waals surface area contributed by atoms with Crippen molar-refractivity contribution < 1.29 is 14.4 Å². The van der Waals surface area contributed by atoms with Crippen molar-refractivity contribution in [3.8, 4) is 0 Å². The highest BCUT2D eigenvalue weighted by molar-refractivity contribution is 5.89. The fraction of sp³-hybridized carbons (Fsp3) is 0.393. The molecule has 1 unspecified atom stereocenters. The van der Waals surface area contributed by atoms with Gasteiger partial charge in [0.1, 0.15) is 5.78 Å². The average Bonchev–Trinajstić information content (AvgIpc) is 3.17. The summed E-state index contributed by atoms with van der Waals surface area (Å²) in [5.41, 5.74) is 6.23. The molecule has 1 aliphatic heterocycles. The Morgan fingerprint density at radius 2 is 1.79 bits per heavy atom. The van der Waals surface area contributed by atoms with Crippen LogP contribution in [0.15, 0.2) is 48.5 Å². The number of rotatable bonds is 10. The highest BCUT2D eigenvalue weighted by atomic mass is 16.2. The first-order valence-corrected chi connectivity index (χ1v) is 12.1. The van der Waals surface area contributed by atoms with Crippen LogP contribution >= 0.6 is 0 Å². The van der Waals surface area contributed by atoms with Crippen LogP contribution in [0.5, 0.6) is 0 Å². The van der Waals surface area contributed by atoms with Crippen molar-refractivity contribution in [1.29, 1.82) is 0 Å². The zero-order valence-electron chi connectivity index (χ0n) is 20.6. The second-order valence-electron chi connectivity index (χ2n) is 8.79. The van der Waals surface area contributed by atoms with E-state index in [-0.39, 0.29) is 23.6 Å². The van der Waals surface area contributed by atoms with E-state index in [0.29, 0.717) is 25.9 Å². The van der Waals surface area contributed by atoms with Gasteiger partial charge in [0.15, 0.2) is 5.78 Å². The number of nitrogens with zero attached hydrogens (tertiary/aromatic N) is 1. The third-order valence-electron chi connectivity index (χ3n) is 6.26. The van der Waals surface area contributed by atoms with E-state index in [2.05, 4.69) is 41.5 Å². The van der Waals surface area contributed by atoms with Crippen LogP contribution in [0.2, 0.25) is 0 Å². The predicted octanol–water partition coefficient (Wildman–Crippen LogP) is 5.46. The second kappa shape index (κ2) is 11.6. The number of nitrogens with one attached hydrogen (secondary N) is 2. The predicted molar refractivity (Wildman–Crippen MR) is 136 cm³/mol. The van der Waals surface area contributed by atoms with E-state index in [1.165, 1.54) is 5.56 Å². The molecule has 34 heavy (non-hydrogen) atoms. The smallest absolute Gasteiger partial charge is 0.319 e. The number of benzene rings is 2. The summed E-state index contributed by atoms with van der Waals surface area (Å²) in [6.45, 7) is 8.29. The van der Waals surface area contributed by atoms with Crippen LogP contribution < -0.4 is 10.6 Å². The minimum absolute atomic E-state index is 0.0594. The molecule has 0 radical (unpaired) electrons. The molecule has 180 valence electrons. The minimum Gasteiger partial charge on any atom is -0.357 e. The fourth-order valence-corrected chi connectivity index (χ4v) is 4.43. The van der Waals surface area contributed by atoms with Crippen molar-refractivity contribution in [3.63, 3.8) is 0 Å². The summed E-state index contributed by atoms with van der Waals surface area (Å²) in [4.78, 5) is 38.7. The van der Waals surface area contributed by atoms with Gasteiger partial charge < -0.3 is 20.3 Å². The average molecular weight is 462 g/mol. The molecule has 0 saturated heterocycles. The van der Waals surface area contributed by atoms with Crippen LogP contribution in [0.3, 0.4) is 0 Å². The Bertz CT molecular complexity index is 1070. The molecule has 1 atom stereocenters. The summed E-state index contributed by atoms with van der Waals surface area (Å²) >= 11 is 0. The Hall–Kier alpha value is -3.41. The molecule has 0 fully saturated rings. The highest BCUT2D eigenvalue weighted by Gasteiger charge is 2.33. The van der Waals surface area contributed by atoms with Gasteiger partial charge in [-0.25, -0.2) is 4.79 Å². The van der Waals surface area contributed by atoms with E-state index in [4.69, 9.17) is 0 Å². The molecule has 1 aliphatic rings. The van der Waals surface area contributed by atoms with Crippen LogP contribution in [0, 0.1) is 0 Å². The van der Waals surface area contributed by atoms with Crippen molar-refractivity contribution in [3.05, 3.63) is 70.8 Å². The first-order valence-electron chi connectivity index (χ1n) is 12.1. The highest BCUT2D eigenvalue weighted by Crippen LogP contribution is 2.37. The monoisotopic (exact) mass is 461 g/mol. The number of carbonyl (C=O) groups is 3. The number of urea groups is 1. The summed E-state index contributed by atoms with van der Waals surface area (Å²) in [7, 11) is 0. The van der Waals surface area contributed by atoms with E-state index in [9.17, 15) is 14.4 Å². The van der Waals surface area contributed by atoms with Gasteiger partial charge in [0.05, 0.1) is 6.04 Å². The van der Waals surface area contributed by atoms with Gasteiger partial charge in [0.2, 0.25) is 0 Å². The number of hydrogen-bond acceptors (Lipinski definition) is 4. The standard InChI is InChI=1S/C28H35N3O3/c1-5-8-27-24-10-7-9-22(17-29-28(34)30-23-14-12-21(6-2)13-15-23)25(24)18-31(27)26(20(4)33)16-11-19(3)32/h7-10,12-15,26H,5-6,11,16-18H2,1-4H3,(H2,29,30,34). The molecule has 2 amide bonds. The summed E-state index contributed by atoms with van der Waals surface area (Å²) in [6, 6.07) is 13.3. The summed E-state index contributed by atoms with van der Waals surface area (Å²) < 4.78 is 0. The van der Waals surface area contributed by atoms with Crippen LogP contribution in [-0.4, -0.2) is 28.5 Å². The Morgan fingerprint density at radius 1 is 1.06 bits per heavy atom. The van der Waals surface area contributed by atoms with Crippen molar-refractivity contribution in [2.24, 2.45) is 0 Å². The molecule has 3 rings (SSSR count). The van der Waals surface area contributed by atoms with Crippen molar-refractivity contribution in [2.45, 2.75) is 72.5 Å². The maximum atomic E-state index is 12.5. The lowest BCUT2D eigenvalue weighted by atomic mass is 10.0. The maximum Gasteiger partial charge on any atom is 0.319 e. The Balaban J connectivity index is 1.75. The lowest BCUT2D eigenvalue weighted by Gasteiger charge is -2.29. The van der Waals surface area contributed by atoms with Gasteiger partial charge in [-0.05, 0) is 61.9 Å². The molecule has 6 heteroatoms. The second-order valence-corrected chi connectivity index (χ2v) is 8.79. The first-order chi connectivity index (χ1) is 16.3. The van der Waals surface area contributed by atoms with Gasteiger partial charge in [-0.2, -0.15) is 0 Å². The van der Waals surface area contributed by atoms with E-state index < -0.39 is 0 Å². The molecule has 6 nitrogen and oxygen atoms in total. The van der Waals surface area contributed by atoms with Gasteiger partial charge in [0, 0.05) is 36.5 Å². The number of anilines is 1. The van der Waals surface area contributed by atoms with Gasteiger partial charge in [0.25, 0.3) is 0 Å². The SMILES string of the molecule is CCC=C1c2cccc(CNC(=O)Nc3ccc(CC)cc3)c2CN1C(CCC(C)=O)C(C)=O. The summed E-state index contributed by atoms with van der Waals surface area (Å²) in [6.07, 6.45) is 4.82. The number of fused-ring (bicyclic) bond motifs is 1. The number of hydrogen-bond donors (Lipinski definition) is 2. The quantitative estimate of drug-likeness (QED) is 0.492. The Labute approximate surface area is 202 Å². The molecule has 0 aliphatic carbocycles. The van der Waals surface area contributed by atoms with Gasteiger partial charge in [-0.15, -0.1) is 0 Å². The molecular weight excluding hydrogens is 426 g/mol. The Kier molecular flexibility index (Phi) is 8.63. The van der Waals surface area contributed by atoms with E-state index in [0.717, 1.165) is 40.9 Å². The molecule has 0 saturated carbocycles. The van der Waals surface area contributed by atoms with Gasteiger partial charge in [-0.3, -0.25) is 4.79 Å². The van der Waals surface area contributed by atoms with E-state index in [1.807, 2.05) is 36.4 Å². The van der Waals surface area contributed by atoms with Crippen LogP contribution in [-0.2, 0) is 29.1 Å². The number of aryl methyl sites for hydroxylation is 1. The largest absolute Gasteiger partial charge is 0.357 e. The van der Waals surface area contributed by atoms with Crippen molar-refractivity contribution in [1.82, 2.24) is 10.2 Å². The Morgan fingerprint density at radius 3 is 2.41 bits per heavy atom. The van der Waals surface area contributed by atoms with Crippen LogP contribution in [0.4, 0.5) is 10.5 Å². The molecule has 2 aromatic rings. The fourth-order valence-electron chi connectivity index (χ4n) is 4.43. The zero-order chi connectivity index (χ0) is 24.7.